The quantitative estimate of drug-likeness (QED) is 0.780. The van der Waals surface area contributed by atoms with Crippen molar-refractivity contribution >= 4 is 33.2 Å². The number of nitrogen functional groups attached to an aromatic ring is 1. The second kappa shape index (κ2) is 5.55. The van der Waals surface area contributed by atoms with Gasteiger partial charge in [-0.15, -0.1) is 0 Å². The van der Waals surface area contributed by atoms with Crippen molar-refractivity contribution in [3.05, 3.63) is 23.2 Å². The highest BCUT2D eigenvalue weighted by molar-refractivity contribution is 7.89. The smallest absolute Gasteiger partial charge is 0.241 e. The summed E-state index contributed by atoms with van der Waals surface area (Å²) in [5, 5.41) is 0.276. The Morgan fingerprint density at radius 3 is 2.56 bits per heavy atom. The molecule has 0 heterocycles. The molecule has 1 aromatic rings. The highest BCUT2D eigenvalue weighted by Crippen LogP contribution is 2.21. The van der Waals surface area contributed by atoms with Gasteiger partial charge in [0.2, 0.25) is 15.9 Å². The van der Waals surface area contributed by atoms with Crippen LogP contribution in [0.4, 0.5) is 5.69 Å². The van der Waals surface area contributed by atoms with E-state index in [9.17, 15) is 13.2 Å². The van der Waals surface area contributed by atoms with Crippen LogP contribution in [0, 0.1) is 0 Å². The summed E-state index contributed by atoms with van der Waals surface area (Å²) in [6.07, 6.45) is 0. The predicted octanol–water partition coefficient (Wildman–Crippen LogP) is 0.289. The fourth-order valence-corrected chi connectivity index (χ4v) is 2.21. The maximum Gasteiger partial charge on any atom is 0.241 e. The van der Waals surface area contributed by atoms with Crippen LogP contribution in [0.25, 0.3) is 0 Å². The summed E-state index contributed by atoms with van der Waals surface area (Å²) in [6, 6.07) is 3.95. The second-order valence-electron chi connectivity index (χ2n) is 3.80. The van der Waals surface area contributed by atoms with Gasteiger partial charge in [-0.05, 0) is 18.2 Å². The normalized spacial score (nSPS) is 11.3. The molecular weight excluding hydrogens is 278 g/mol. The zero-order valence-electron chi connectivity index (χ0n) is 9.97. The minimum atomic E-state index is -3.76. The van der Waals surface area contributed by atoms with Crippen molar-refractivity contribution in [2.75, 3.05) is 26.4 Å². The van der Waals surface area contributed by atoms with Crippen molar-refractivity contribution in [2.24, 2.45) is 0 Å². The summed E-state index contributed by atoms with van der Waals surface area (Å²) in [6.45, 7) is -0.308. The highest BCUT2D eigenvalue weighted by Gasteiger charge is 2.17. The lowest BCUT2D eigenvalue weighted by Crippen LogP contribution is -2.36. The van der Waals surface area contributed by atoms with Crippen LogP contribution in [0.3, 0.4) is 0 Å². The first kappa shape index (κ1) is 14.7. The Morgan fingerprint density at radius 1 is 1.44 bits per heavy atom. The van der Waals surface area contributed by atoms with Gasteiger partial charge in [0, 0.05) is 14.1 Å². The maximum absolute atomic E-state index is 11.8. The average molecular weight is 292 g/mol. The Morgan fingerprint density at radius 2 is 2.06 bits per heavy atom. The number of benzene rings is 1. The number of carbonyl (C=O) groups is 1. The molecule has 0 bridgehead atoms. The first-order valence-corrected chi connectivity index (χ1v) is 6.85. The van der Waals surface area contributed by atoms with E-state index in [2.05, 4.69) is 4.72 Å². The molecule has 0 radical (unpaired) electrons. The third-order valence-corrected chi connectivity index (χ3v) is 3.93. The fraction of sp³-hybridized carbons (Fsp3) is 0.300. The molecule has 0 unspecified atom stereocenters. The third-order valence-electron chi connectivity index (χ3n) is 2.19. The van der Waals surface area contributed by atoms with E-state index >= 15 is 0 Å². The number of nitrogens with zero attached hydrogens (tertiary/aromatic N) is 1. The molecule has 0 aliphatic heterocycles. The van der Waals surface area contributed by atoms with Crippen LogP contribution < -0.4 is 10.5 Å². The molecule has 100 valence electrons. The zero-order valence-corrected chi connectivity index (χ0v) is 11.5. The van der Waals surface area contributed by atoms with Gasteiger partial charge in [0.15, 0.2) is 0 Å². The van der Waals surface area contributed by atoms with E-state index in [0.717, 1.165) is 0 Å². The molecule has 1 rings (SSSR count). The number of likely N-dealkylation sites (N-methyl/N-ethyl adjacent to an activating group) is 1. The number of amides is 1. The molecule has 3 N–H and O–H groups in total. The van der Waals surface area contributed by atoms with Gasteiger partial charge in [-0.2, -0.15) is 0 Å². The molecule has 0 saturated heterocycles. The first-order valence-electron chi connectivity index (χ1n) is 4.99. The van der Waals surface area contributed by atoms with Gasteiger partial charge >= 0.3 is 0 Å². The number of anilines is 1. The Labute approximate surface area is 111 Å². The van der Waals surface area contributed by atoms with Gasteiger partial charge in [-0.1, -0.05) is 11.6 Å². The lowest BCUT2D eigenvalue weighted by atomic mass is 10.3. The monoisotopic (exact) mass is 291 g/mol. The molecule has 0 atom stereocenters. The van der Waals surface area contributed by atoms with Gasteiger partial charge in [-0.3, -0.25) is 4.79 Å². The Bertz CT molecular complexity index is 557. The topological polar surface area (TPSA) is 92.5 Å². The van der Waals surface area contributed by atoms with E-state index in [0.29, 0.717) is 0 Å². The van der Waals surface area contributed by atoms with Crippen LogP contribution in [0.5, 0.6) is 0 Å². The highest BCUT2D eigenvalue weighted by atomic mass is 35.5. The van der Waals surface area contributed by atoms with Crippen LogP contribution in [0.1, 0.15) is 0 Å². The minimum Gasteiger partial charge on any atom is -0.397 e. The summed E-state index contributed by atoms with van der Waals surface area (Å²) in [4.78, 5) is 12.6. The lowest BCUT2D eigenvalue weighted by Gasteiger charge is -2.11. The summed E-state index contributed by atoms with van der Waals surface area (Å²) >= 11 is 5.70. The van der Waals surface area contributed by atoms with Crippen LogP contribution in [-0.2, 0) is 14.8 Å². The van der Waals surface area contributed by atoms with Gasteiger partial charge in [-0.25, -0.2) is 13.1 Å². The van der Waals surface area contributed by atoms with Gasteiger partial charge in [0.25, 0.3) is 0 Å². The van der Waals surface area contributed by atoms with Crippen molar-refractivity contribution in [3.8, 4) is 0 Å². The predicted molar refractivity (Wildman–Crippen MR) is 69.7 cm³/mol. The minimum absolute atomic E-state index is 0.0315. The van der Waals surface area contributed by atoms with Crippen molar-refractivity contribution in [3.63, 3.8) is 0 Å². The molecule has 6 nitrogen and oxygen atoms in total. The molecule has 0 saturated carbocycles. The summed E-state index contributed by atoms with van der Waals surface area (Å²) < 4.78 is 25.9. The molecule has 1 aromatic carbocycles. The number of rotatable bonds is 4. The number of hydrogen-bond acceptors (Lipinski definition) is 4. The summed E-state index contributed by atoms with van der Waals surface area (Å²) in [5.41, 5.74) is 5.69. The van der Waals surface area contributed by atoms with E-state index in [1.165, 1.54) is 37.2 Å². The lowest BCUT2D eigenvalue weighted by molar-refractivity contribution is -0.127. The SMILES string of the molecule is CN(C)C(=O)CNS(=O)(=O)c1ccc(Cl)c(N)c1. The zero-order chi connectivity index (χ0) is 13.9. The van der Waals surface area contributed by atoms with E-state index in [4.69, 9.17) is 17.3 Å². The largest absolute Gasteiger partial charge is 0.397 e. The van der Waals surface area contributed by atoms with Gasteiger partial charge in [0.05, 0.1) is 22.2 Å². The maximum atomic E-state index is 11.8. The standard InChI is InChI=1S/C10H14ClN3O3S/c1-14(2)10(15)6-13-18(16,17)7-3-4-8(11)9(12)5-7/h3-5,13H,6,12H2,1-2H3. The van der Waals surface area contributed by atoms with Crippen molar-refractivity contribution in [1.29, 1.82) is 0 Å². The number of sulfonamides is 1. The Kier molecular flexibility index (Phi) is 4.55. The van der Waals surface area contributed by atoms with E-state index in [1.807, 2.05) is 0 Å². The molecule has 0 spiro atoms. The van der Waals surface area contributed by atoms with E-state index < -0.39 is 10.0 Å². The number of nitrogens with two attached hydrogens (primary N) is 1. The van der Waals surface area contributed by atoms with E-state index in [1.54, 1.807) is 0 Å². The second-order valence-corrected chi connectivity index (χ2v) is 5.97. The molecule has 0 aliphatic rings. The van der Waals surface area contributed by atoms with Crippen molar-refractivity contribution in [1.82, 2.24) is 9.62 Å². The third kappa shape index (κ3) is 3.59. The number of hydrogen-bond donors (Lipinski definition) is 2. The van der Waals surface area contributed by atoms with Crippen LogP contribution in [0.2, 0.25) is 5.02 Å². The Balaban J connectivity index is 2.87. The first-order chi connectivity index (χ1) is 8.24. The number of carbonyl (C=O) groups excluding carboxylic acids is 1. The molecule has 8 heteroatoms. The molecule has 0 fully saturated rings. The van der Waals surface area contributed by atoms with Crippen molar-refractivity contribution < 1.29 is 13.2 Å². The summed E-state index contributed by atoms with van der Waals surface area (Å²) in [5.74, 6) is -0.347. The van der Waals surface area contributed by atoms with E-state index in [-0.39, 0.29) is 28.1 Å². The van der Waals surface area contributed by atoms with Gasteiger partial charge in [0.1, 0.15) is 0 Å². The van der Waals surface area contributed by atoms with Crippen LogP contribution >= 0.6 is 11.6 Å². The molecule has 18 heavy (non-hydrogen) atoms. The molecule has 0 aliphatic carbocycles. The van der Waals surface area contributed by atoms with Crippen LogP contribution in [0.15, 0.2) is 23.1 Å². The van der Waals surface area contributed by atoms with Crippen molar-refractivity contribution in [2.45, 2.75) is 4.90 Å². The van der Waals surface area contributed by atoms with Crippen LogP contribution in [-0.4, -0.2) is 39.9 Å². The molecule has 1 amide bonds. The number of halogens is 1. The fourth-order valence-electron chi connectivity index (χ4n) is 1.09. The molecule has 0 aromatic heterocycles. The average Bonchev–Trinajstić information content (AvgIpc) is 2.29. The molecular formula is C10H14ClN3O3S. The summed E-state index contributed by atoms with van der Waals surface area (Å²) in [7, 11) is -0.687. The Hall–Kier alpha value is -1.31. The van der Waals surface area contributed by atoms with Gasteiger partial charge < -0.3 is 10.6 Å². The number of nitrogens with one attached hydrogen (secondary N) is 1.